The van der Waals surface area contributed by atoms with E-state index in [2.05, 4.69) is 0 Å². The normalized spacial score (nSPS) is 12.1. The second-order valence-electron chi connectivity index (χ2n) is 4.99. The first-order chi connectivity index (χ1) is 10.1. The summed E-state index contributed by atoms with van der Waals surface area (Å²) in [6.45, 7) is 2.84. The molecule has 2 aromatic carbocycles. The summed E-state index contributed by atoms with van der Waals surface area (Å²) < 4.78 is 11.0. The van der Waals surface area contributed by atoms with Gasteiger partial charge in [-0.2, -0.15) is 0 Å². The predicted octanol–water partition coefficient (Wildman–Crippen LogP) is 2.53. The summed E-state index contributed by atoms with van der Waals surface area (Å²) in [6.07, 6.45) is -0.661. The van der Waals surface area contributed by atoms with Gasteiger partial charge in [0.15, 0.2) is 0 Å². The van der Waals surface area contributed by atoms with Crippen LogP contribution in [0.2, 0.25) is 0 Å². The molecule has 0 aromatic heterocycles. The smallest absolute Gasteiger partial charge is 0.122 e. The number of aryl methyl sites for hydroxylation is 1. The first kappa shape index (κ1) is 15.4. The Balaban J connectivity index is 1.71. The maximum absolute atomic E-state index is 9.86. The van der Waals surface area contributed by atoms with Crippen molar-refractivity contribution in [2.24, 2.45) is 0 Å². The Hall–Kier alpha value is -2.04. The van der Waals surface area contributed by atoms with Crippen LogP contribution in [0.25, 0.3) is 0 Å². The van der Waals surface area contributed by atoms with E-state index in [9.17, 15) is 5.11 Å². The minimum Gasteiger partial charge on any atom is -0.491 e. The van der Waals surface area contributed by atoms with Crippen molar-refractivity contribution in [3.05, 3.63) is 59.7 Å². The van der Waals surface area contributed by atoms with Crippen LogP contribution in [0.1, 0.15) is 11.1 Å². The highest BCUT2D eigenvalue weighted by molar-refractivity contribution is 5.47. The van der Waals surface area contributed by atoms with Crippen LogP contribution in [-0.4, -0.2) is 24.4 Å². The third-order valence-electron chi connectivity index (χ3n) is 3.05. The van der Waals surface area contributed by atoms with E-state index in [1.807, 2.05) is 49.4 Å². The lowest BCUT2D eigenvalue weighted by Gasteiger charge is -2.14. The third kappa shape index (κ3) is 5.10. The largest absolute Gasteiger partial charge is 0.491 e. The molecule has 3 N–H and O–H groups in total. The fraction of sp³-hybridized carbons (Fsp3) is 0.294. The van der Waals surface area contributed by atoms with Crippen molar-refractivity contribution in [3.63, 3.8) is 0 Å². The molecule has 0 spiro atoms. The number of ether oxygens (including phenoxy) is 2. The molecule has 2 aromatic rings. The summed E-state index contributed by atoms with van der Waals surface area (Å²) >= 11 is 0. The van der Waals surface area contributed by atoms with Crippen LogP contribution in [0, 0.1) is 6.92 Å². The molecule has 0 radical (unpaired) electrons. The molecule has 2 rings (SSSR count). The quantitative estimate of drug-likeness (QED) is 0.768. The number of aliphatic hydroxyl groups is 1. The van der Waals surface area contributed by atoms with Crippen LogP contribution in [0.5, 0.6) is 5.75 Å². The zero-order valence-corrected chi connectivity index (χ0v) is 12.2. The Labute approximate surface area is 125 Å². The van der Waals surface area contributed by atoms with Crippen molar-refractivity contribution >= 4 is 5.69 Å². The van der Waals surface area contributed by atoms with Crippen molar-refractivity contribution in [2.75, 3.05) is 18.9 Å². The fourth-order valence-electron chi connectivity index (χ4n) is 1.96. The van der Waals surface area contributed by atoms with Gasteiger partial charge >= 0.3 is 0 Å². The Morgan fingerprint density at radius 2 is 1.86 bits per heavy atom. The lowest BCUT2D eigenvalue weighted by atomic mass is 10.2. The molecule has 1 atom stereocenters. The predicted molar refractivity (Wildman–Crippen MR) is 83.2 cm³/mol. The highest BCUT2D eigenvalue weighted by Gasteiger charge is 2.07. The van der Waals surface area contributed by atoms with Gasteiger partial charge in [0.05, 0.1) is 13.2 Å². The van der Waals surface area contributed by atoms with Crippen molar-refractivity contribution in [2.45, 2.75) is 19.6 Å². The Bertz CT molecular complexity index is 557. The van der Waals surface area contributed by atoms with Gasteiger partial charge in [-0.1, -0.05) is 30.3 Å². The summed E-state index contributed by atoms with van der Waals surface area (Å²) in [4.78, 5) is 0. The molecular formula is C17H21NO3. The summed E-state index contributed by atoms with van der Waals surface area (Å²) in [5.41, 5.74) is 8.41. The summed E-state index contributed by atoms with van der Waals surface area (Å²) in [5.74, 6) is 0.728. The van der Waals surface area contributed by atoms with Gasteiger partial charge in [-0.3, -0.25) is 0 Å². The lowest BCUT2D eigenvalue weighted by molar-refractivity contribution is 0.00538. The average molecular weight is 287 g/mol. The second-order valence-corrected chi connectivity index (χ2v) is 4.99. The number of anilines is 1. The number of rotatable bonds is 7. The first-order valence-electron chi connectivity index (χ1n) is 6.94. The molecule has 0 saturated heterocycles. The van der Waals surface area contributed by atoms with Crippen LogP contribution in [0.3, 0.4) is 0 Å². The van der Waals surface area contributed by atoms with Gasteiger partial charge in [0.1, 0.15) is 18.5 Å². The zero-order chi connectivity index (χ0) is 15.1. The summed E-state index contributed by atoms with van der Waals surface area (Å²) in [5, 5.41) is 9.86. The van der Waals surface area contributed by atoms with Crippen LogP contribution < -0.4 is 10.5 Å². The van der Waals surface area contributed by atoms with E-state index in [1.165, 1.54) is 0 Å². The van der Waals surface area contributed by atoms with E-state index in [0.29, 0.717) is 12.3 Å². The maximum atomic E-state index is 9.86. The van der Waals surface area contributed by atoms with Gasteiger partial charge in [0, 0.05) is 5.69 Å². The van der Waals surface area contributed by atoms with E-state index in [0.717, 1.165) is 16.9 Å². The van der Waals surface area contributed by atoms with Gasteiger partial charge in [0.2, 0.25) is 0 Å². The average Bonchev–Trinajstić information content (AvgIpc) is 2.47. The SMILES string of the molecule is Cc1cc(N)ccc1OCC(O)COCc1ccccc1. The third-order valence-corrected chi connectivity index (χ3v) is 3.05. The number of benzene rings is 2. The molecule has 1 unspecified atom stereocenters. The molecule has 0 fully saturated rings. The van der Waals surface area contributed by atoms with Crippen molar-refractivity contribution < 1.29 is 14.6 Å². The molecule has 0 saturated carbocycles. The number of nitrogen functional groups attached to an aromatic ring is 1. The minimum atomic E-state index is -0.661. The molecule has 21 heavy (non-hydrogen) atoms. The number of hydrogen-bond acceptors (Lipinski definition) is 4. The molecule has 0 heterocycles. The van der Waals surface area contributed by atoms with Crippen molar-refractivity contribution in [3.8, 4) is 5.75 Å². The minimum absolute atomic E-state index is 0.194. The van der Waals surface area contributed by atoms with Gasteiger partial charge in [0.25, 0.3) is 0 Å². The number of hydrogen-bond donors (Lipinski definition) is 2. The van der Waals surface area contributed by atoms with Gasteiger partial charge in [-0.25, -0.2) is 0 Å². The lowest BCUT2D eigenvalue weighted by Crippen LogP contribution is -2.23. The Kier molecular flexibility index (Phi) is 5.60. The molecule has 0 aliphatic carbocycles. The molecular weight excluding hydrogens is 266 g/mol. The molecule has 4 heteroatoms. The maximum Gasteiger partial charge on any atom is 0.122 e. The van der Waals surface area contributed by atoms with Crippen molar-refractivity contribution in [1.29, 1.82) is 0 Å². The van der Waals surface area contributed by atoms with E-state index < -0.39 is 6.10 Å². The molecule has 0 amide bonds. The highest BCUT2D eigenvalue weighted by atomic mass is 16.5. The van der Waals surface area contributed by atoms with Crippen molar-refractivity contribution in [1.82, 2.24) is 0 Å². The van der Waals surface area contributed by atoms with Crippen LogP contribution in [-0.2, 0) is 11.3 Å². The van der Waals surface area contributed by atoms with E-state index in [4.69, 9.17) is 15.2 Å². The van der Waals surface area contributed by atoms with Crippen LogP contribution in [0.15, 0.2) is 48.5 Å². The van der Waals surface area contributed by atoms with Gasteiger partial charge in [-0.05, 0) is 36.2 Å². The van der Waals surface area contributed by atoms with Gasteiger partial charge in [-0.15, -0.1) is 0 Å². The molecule has 0 aliphatic heterocycles. The molecule has 4 nitrogen and oxygen atoms in total. The summed E-state index contributed by atoms with van der Waals surface area (Å²) in [7, 11) is 0. The standard InChI is InChI=1S/C17H21NO3/c1-13-9-15(18)7-8-17(13)21-12-16(19)11-20-10-14-5-3-2-4-6-14/h2-9,16,19H,10-12,18H2,1H3. The second kappa shape index (κ2) is 7.67. The van der Waals surface area contributed by atoms with Crippen LogP contribution >= 0.6 is 0 Å². The summed E-state index contributed by atoms with van der Waals surface area (Å²) in [6, 6.07) is 15.3. The van der Waals surface area contributed by atoms with E-state index in [-0.39, 0.29) is 13.2 Å². The molecule has 0 bridgehead atoms. The highest BCUT2D eigenvalue weighted by Crippen LogP contribution is 2.20. The first-order valence-corrected chi connectivity index (χ1v) is 6.94. The number of nitrogens with two attached hydrogens (primary N) is 1. The topological polar surface area (TPSA) is 64.7 Å². The van der Waals surface area contributed by atoms with E-state index in [1.54, 1.807) is 6.07 Å². The van der Waals surface area contributed by atoms with Gasteiger partial charge < -0.3 is 20.3 Å². The zero-order valence-electron chi connectivity index (χ0n) is 12.2. The molecule has 0 aliphatic rings. The van der Waals surface area contributed by atoms with E-state index >= 15 is 0 Å². The Morgan fingerprint density at radius 3 is 2.57 bits per heavy atom. The molecule has 112 valence electrons. The number of aliphatic hydroxyl groups excluding tert-OH is 1. The monoisotopic (exact) mass is 287 g/mol. The fourth-order valence-corrected chi connectivity index (χ4v) is 1.96. The van der Waals surface area contributed by atoms with Crippen LogP contribution in [0.4, 0.5) is 5.69 Å². The Morgan fingerprint density at radius 1 is 1.10 bits per heavy atom.